The third-order valence-electron chi connectivity index (χ3n) is 4.14. The Kier molecular flexibility index (Phi) is 7.19. The van der Waals surface area contributed by atoms with Crippen molar-refractivity contribution in [1.29, 1.82) is 0 Å². The van der Waals surface area contributed by atoms with Crippen molar-refractivity contribution in [1.82, 2.24) is 5.32 Å². The summed E-state index contributed by atoms with van der Waals surface area (Å²) in [6.45, 7) is 4.15. The Morgan fingerprint density at radius 2 is 2.00 bits per heavy atom. The van der Waals surface area contributed by atoms with Crippen LogP contribution >= 0.6 is 11.8 Å². The average Bonchev–Trinajstić information content (AvgIpc) is 3.05. The number of amidine groups is 1. The molecule has 0 atom stereocenters. The van der Waals surface area contributed by atoms with E-state index in [0.717, 1.165) is 5.56 Å². The minimum Gasteiger partial charge on any atom is -0.506 e. The smallest absolute Gasteiger partial charge is 0.306 e. The number of ether oxygens (including phenoxy) is 2. The van der Waals surface area contributed by atoms with Gasteiger partial charge in [-0.15, -0.1) is 0 Å². The fourth-order valence-corrected chi connectivity index (χ4v) is 3.55. The fraction of sp³-hybridized carbons (Fsp3) is 0.227. The zero-order valence-corrected chi connectivity index (χ0v) is 17.9. The number of hydrogen-bond acceptors (Lipinski definition) is 7. The van der Waals surface area contributed by atoms with E-state index in [9.17, 15) is 14.7 Å². The van der Waals surface area contributed by atoms with Crippen molar-refractivity contribution in [3.63, 3.8) is 0 Å². The van der Waals surface area contributed by atoms with E-state index in [1.54, 1.807) is 42.5 Å². The van der Waals surface area contributed by atoms with Gasteiger partial charge in [-0.1, -0.05) is 12.1 Å². The Balaban J connectivity index is 1.79. The standard InChI is InChI=1S/C22H22N2O6S/c1-3-29-18-11-14(5-7-17(18)30-9-8-20(26)27)12-19-21(28)24-22(31-19)23-15-10-13(2)4-6-16(15)25/h4-7,10-12,25H,3,8-9H2,1-2H3,(H,26,27)(H,23,24,28)/b19-12+. The van der Waals surface area contributed by atoms with Crippen LogP contribution in [0.3, 0.4) is 0 Å². The van der Waals surface area contributed by atoms with E-state index in [4.69, 9.17) is 14.6 Å². The molecule has 1 aliphatic heterocycles. The number of thioether (sulfide) groups is 1. The number of rotatable bonds is 8. The summed E-state index contributed by atoms with van der Waals surface area (Å²) in [4.78, 5) is 27.8. The first-order valence-electron chi connectivity index (χ1n) is 9.56. The molecule has 0 aliphatic carbocycles. The number of carboxylic acid groups (broad SMARTS) is 1. The number of aliphatic imine (C=N–C) groups is 1. The molecule has 1 heterocycles. The minimum atomic E-state index is -0.944. The molecule has 0 spiro atoms. The molecule has 2 aromatic carbocycles. The molecule has 0 unspecified atom stereocenters. The predicted octanol–water partition coefficient (Wildman–Crippen LogP) is 3.84. The van der Waals surface area contributed by atoms with E-state index in [-0.39, 0.29) is 24.7 Å². The molecule has 1 saturated heterocycles. The zero-order valence-electron chi connectivity index (χ0n) is 17.0. The number of nitrogens with zero attached hydrogens (tertiary/aromatic N) is 1. The monoisotopic (exact) mass is 442 g/mol. The Morgan fingerprint density at radius 1 is 1.19 bits per heavy atom. The SMILES string of the molecule is CCOc1cc(/C=C2/SC(=Nc3cc(C)ccc3O)NC2=O)ccc1OCCC(=O)O. The van der Waals surface area contributed by atoms with Crippen molar-refractivity contribution in [3.8, 4) is 17.2 Å². The number of carbonyl (C=O) groups excluding carboxylic acids is 1. The van der Waals surface area contributed by atoms with Gasteiger partial charge in [0, 0.05) is 0 Å². The summed E-state index contributed by atoms with van der Waals surface area (Å²) >= 11 is 1.17. The minimum absolute atomic E-state index is 0.0275. The number of amides is 1. The van der Waals surface area contributed by atoms with E-state index >= 15 is 0 Å². The second-order valence-corrected chi connectivity index (χ2v) is 7.64. The summed E-state index contributed by atoms with van der Waals surface area (Å²) in [5, 5.41) is 21.8. The molecule has 1 aliphatic rings. The molecule has 3 rings (SSSR count). The van der Waals surface area contributed by atoms with Crippen LogP contribution < -0.4 is 14.8 Å². The van der Waals surface area contributed by atoms with Crippen LogP contribution in [-0.2, 0) is 9.59 Å². The fourth-order valence-electron chi connectivity index (χ4n) is 2.71. The molecule has 1 amide bonds. The quantitative estimate of drug-likeness (QED) is 0.532. The van der Waals surface area contributed by atoms with Gasteiger partial charge in [0.25, 0.3) is 5.91 Å². The van der Waals surface area contributed by atoms with Crippen LogP contribution in [0.5, 0.6) is 17.2 Å². The second kappa shape index (κ2) is 10.0. The first kappa shape index (κ1) is 22.2. The highest BCUT2D eigenvalue weighted by atomic mass is 32.2. The molecular formula is C22H22N2O6S. The topological polar surface area (TPSA) is 117 Å². The maximum absolute atomic E-state index is 12.4. The number of benzene rings is 2. The van der Waals surface area contributed by atoms with Crippen molar-refractivity contribution < 1.29 is 29.3 Å². The number of aryl methyl sites for hydroxylation is 1. The van der Waals surface area contributed by atoms with Crippen LogP contribution in [0, 0.1) is 6.92 Å². The van der Waals surface area contributed by atoms with E-state index in [1.807, 2.05) is 13.8 Å². The van der Waals surface area contributed by atoms with Gasteiger partial charge in [-0.2, -0.15) is 0 Å². The molecule has 0 aromatic heterocycles. The first-order valence-corrected chi connectivity index (χ1v) is 10.4. The van der Waals surface area contributed by atoms with Gasteiger partial charge in [0.15, 0.2) is 16.7 Å². The lowest BCUT2D eigenvalue weighted by Gasteiger charge is -2.12. The first-order chi connectivity index (χ1) is 14.9. The van der Waals surface area contributed by atoms with Gasteiger partial charge in [0.1, 0.15) is 11.4 Å². The van der Waals surface area contributed by atoms with Crippen LogP contribution in [0.25, 0.3) is 6.08 Å². The van der Waals surface area contributed by atoms with Crippen LogP contribution in [0.4, 0.5) is 5.69 Å². The summed E-state index contributed by atoms with van der Waals surface area (Å²) in [5.41, 5.74) is 2.04. The highest BCUT2D eigenvalue weighted by Gasteiger charge is 2.24. The Morgan fingerprint density at radius 3 is 2.74 bits per heavy atom. The van der Waals surface area contributed by atoms with Gasteiger partial charge in [0.05, 0.1) is 24.5 Å². The molecule has 1 fully saturated rings. The summed E-state index contributed by atoms with van der Waals surface area (Å²) in [5.74, 6) is -0.309. The van der Waals surface area contributed by atoms with Crippen molar-refractivity contribution in [2.24, 2.45) is 4.99 Å². The number of hydrogen-bond donors (Lipinski definition) is 3. The van der Waals surface area contributed by atoms with Gasteiger partial charge in [-0.05, 0) is 67.1 Å². The molecule has 3 N–H and O–H groups in total. The lowest BCUT2D eigenvalue weighted by molar-refractivity contribution is -0.137. The third-order valence-corrected chi connectivity index (χ3v) is 5.05. The molecule has 2 aromatic rings. The van der Waals surface area contributed by atoms with Crippen LogP contribution in [0.15, 0.2) is 46.3 Å². The molecular weight excluding hydrogens is 420 g/mol. The predicted molar refractivity (Wildman–Crippen MR) is 119 cm³/mol. The Bertz CT molecular complexity index is 1060. The van der Waals surface area contributed by atoms with Gasteiger partial charge in [-0.25, -0.2) is 4.99 Å². The van der Waals surface area contributed by atoms with Gasteiger partial charge in [-0.3, -0.25) is 9.59 Å². The van der Waals surface area contributed by atoms with Crippen molar-refractivity contribution >= 4 is 40.6 Å². The molecule has 0 bridgehead atoms. The van der Waals surface area contributed by atoms with E-state index < -0.39 is 5.97 Å². The lowest BCUT2D eigenvalue weighted by Crippen LogP contribution is -2.19. The van der Waals surface area contributed by atoms with Crippen molar-refractivity contribution in [3.05, 3.63) is 52.4 Å². The summed E-state index contributed by atoms with van der Waals surface area (Å²) in [6.07, 6.45) is 1.58. The second-order valence-electron chi connectivity index (χ2n) is 6.61. The van der Waals surface area contributed by atoms with Crippen molar-refractivity contribution in [2.75, 3.05) is 13.2 Å². The average molecular weight is 442 g/mol. The number of aromatic hydroxyl groups is 1. The molecule has 0 radical (unpaired) electrons. The highest BCUT2D eigenvalue weighted by molar-refractivity contribution is 8.18. The number of carboxylic acids is 1. The number of carbonyl (C=O) groups is 2. The molecule has 9 heteroatoms. The molecule has 31 heavy (non-hydrogen) atoms. The molecule has 162 valence electrons. The number of phenolic OH excluding ortho intramolecular Hbond substituents is 1. The summed E-state index contributed by atoms with van der Waals surface area (Å²) < 4.78 is 11.1. The van der Waals surface area contributed by atoms with Crippen LogP contribution in [-0.4, -0.2) is 40.5 Å². The van der Waals surface area contributed by atoms with E-state index in [2.05, 4.69) is 10.3 Å². The normalized spacial score (nSPS) is 15.9. The lowest BCUT2D eigenvalue weighted by atomic mass is 10.2. The number of aliphatic carboxylic acids is 1. The Labute approximate surface area is 183 Å². The largest absolute Gasteiger partial charge is 0.506 e. The zero-order chi connectivity index (χ0) is 22.4. The van der Waals surface area contributed by atoms with Crippen LogP contribution in [0.1, 0.15) is 24.5 Å². The molecule has 0 saturated carbocycles. The Hall–Kier alpha value is -3.46. The number of nitrogens with one attached hydrogen (secondary N) is 1. The van der Waals surface area contributed by atoms with Crippen LogP contribution in [0.2, 0.25) is 0 Å². The highest BCUT2D eigenvalue weighted by Crippen LogP contribution is 2.34. The van der Waals surface area contributed by atoms with Crippen molar-refractivity contribution in [2.45, 2.75) is 20.3 Å². The third kappa shape index (κ3) is 6.02. The van der Waals surface area contributed by atoms with Gasteiger partial charge >= 0.3 is 5.97 Å². The maximum Gasteiger partial charge on any atom is 0.306 e. The summed E-state index contributed by atoms with van der Waals surface area (Å²) in [7, 11) is 0. The molecule has 8 nitrogen and oxygen atoms in total. The van der Waals surface area contributed by atoms with Gasteiger partial charge < -0.3 is 25.0 Å². The van der Waals surface area contributed by atoms with E-state index in [0.29, 0.717) is 39.4 Å². The van der Waals surface area contributed by atoms with Gasteiger partial charge in [0.2, 0.25) is 0 Å². The number of phenols is 1. The maximum atomic E-state index is 12.4. The van der Waals surface area contributed by atoms with E-state index in [1.165, 1.54) is 11.8 Å². The summed E-state index contributed by atoms with van der Waals surface area (Å²) in [6, 6.07) is 10.2.